The number of carbonyl (C=O) groups is 3. The predicted molar refractivity (Wildman–Crippen MR) is 153 cm³/mol. The summed E-state index contributed by atoms with van der Waals surface area (Å²) in [6.45, 7) is 13.5. The summed E-state index contributed by atoms with van der Waals surface area (Å²) in [6.07, 6.45) is 4.36. The lowest BCUT2D eigenvalue weighted by Gasteiger charge is -2.33. The molecule has 1 atom stereocenters. The molecule has 2 rings (SSSR count). The number of ether oxygens (including phenoxy) is 1. The first kappa shape index (κ1) is 30.9. The molecule has 0 bridgehead atoms. The minimum atomic E-state index is -0.852. The van der Waals surface area contributed by atoms with Gasteiger partial charge in [-0.05, 0) is 76.3 Å². The summed E-state index contributed by atoms with van der Waals surface area (Å²) in [5.41, 5.74) is 3.62. The normalized spacial score (nSPS) is 12.0. The Kier molecular flexibility index (Phi) is 11.8. The van der Waals surface area contributed by atoms with Crippen molar-refractivity contribution in [2.24, 2.45) is 0 Å². The second kappa shape index (κ2) is 14.6. The zero-order valence-corrected chi connectivity index (χ0v) is 24.1. The average Bonchev–Trinajstić information content (AvgIpc) is 2.83. The number of rotatable bonds is 12. The first-order valence-corrected chi connectivity index (χ1v) is 13.6. The van der Waals surface area contributed by atoms with E-state index >= 15 is 0 Å². The second-order valence-electron chi connectivity index (χ2n) is 10.9. The van der Waals surface area contributed by atoms with Crippen molar-refractivity contribution in [2.75, 3.05) is 18.4 Å². The fourth-order valence-electron chi connectivity index (χ4n) is 4.45. The third kappa shape index (κ3) is 9.51. The van der Waals surface area contributed by atoms with Crippen molar-refractivity contribution >= 4 is 23.6 Å². The van der Waals surface area contributed by atoms with Crippen LogP contribution in [0.1, 0.15) is 88.1 Å². The Balaban J connectivity index is 2.43. The van der Waals surface area contributed by atoms with Crippen molar-refractivity contribution in [1.29, 1.82) is 0 Å². The Bertz CT molecular complexity index is 1070. The van der Waals surface area contributed by atoms with E-state index < -0.39 is 17.7 Å². The molecule has 0 fully saturated rings. The van der Waals surface area contributed by atoms with E-state index in [-0.39, 0.29) is 18.4 Å². The highest BCUT2D eigenvalue weighted by atomic mass is 16.6. The first-order chi connectivity index (χ1) is 17.9. The van der Waals surface area contributed by atoms with Crippen molar-refractivity contribution in [3.63, 3.8) is 0 Å². The Labute approximate surface area is 228 Å². The van der Waals surface area contributed by atoms with Crippen LogP contribution in [0.15, 0.2) is 42.5 Å². The molecule has 0 aromatic heterocycles. The minimum absolute atomic E-state index is 0.261. The number of alkyl carbamates (subject to hydrolysis) is 1. The van der Waals surface area contributed by atoms with Crippen LogP contribution in [-0.4, -0.2) is 41.5 Å². The van der Waals surface area contributed by atoms with E-state index in [0.717, 1.165) is 54.4 Å². The highest BCUT2D eigenvalue weighted by Crippen LogP contribution is 2.30. The molecule has 0 spiro atoms. The molecule has 2 N–H and O–H groups in total. The molecule has 0 saturated heterocycles. The van der Waals surface area contributed by atoms with Crippen LogP contribution in [0.25, 0.3) is 0 Å². The highest BCUT2D eigenvalue weighted by Gasteiger charge is 2.33. The smallest absolute Gasteiger partial charge is 0.408 e. The number of carbonyl (C=O) groups excluding carboxylic acids is 3. The van der Waals surface area contributed by atoms with E-state index in [1.54, 1.807) is 25.7 Å². The van der Waals surface area contributed by atoms with E-state index in [9.17, 15) is 14.4 Å². The van der Waals surface area contributed by atoms with Crippen LogP contribution in [-0.2, 0) is 14.3 Å². The van der Waals surface area contributed by atoms with Crippen molar-refractivity contribution in [3.8, 4) is 0 Å². The van der Waals surface area contributed by atoms with E-state index in [1.807, 2.05) is 63.2 Å². The topological polar surface area (TPSA) is 87.7 Å². The molecular formula is C31H45N3O4. The maximum absolute atomic E-state index is 14.0. The molecule has 7 heteroatoms. The van der Waals surface area contributed by atoms with Crippen molar-refractivity contribution in [2.45, 2.75) is 92.2 Å². The van der Waals surface area contributed by atoms with Gasteiger partial charge in [0.05, 0.1) is 0 Å². The molecule has 0 radical (unpaired) electrons. The molecule has 1 unspecified atom stereocenters. The first-order valence-electron chi connectivity index (χ1n) is 13.6. The van der Waals surface area contributed by atoms with Gasteiger partial charge in [-0.1, -0.05) is 69.0 Å². The van der Waals surface area contributed by atoms with E-state index in [2.05, 4.69) is 17.6 Å². The molecule has 0 aliphatic rings. The number of para-hydroxylation sites is 1. The molecule has 2 aromatic rings. The van der Waals surface area contributed by atoms with Gasteiger partial charge in [0.2, 0.25) is 5.91 Å². The number of aryl methyl sites for hydroxylation is 3. The average molecular weight is 524 g/mol. The van der Waals surface area contributed by atoms with Crippen molar-refractivity contribution in [3.05, 3.63) is 64.7 Å². The maximum atomic E-state index is 14.0. The number of anilines is 1. The molecule has 2 aromatic carbocycles. The lowest BCUT2D eigenvalue weighted by atomic mass is 9.93. The number of benzene rings is 2. The van der Waals surface area contributed by atoms with Crippen molar-refractivity contribution in [1.82, 2.24) is 10.2 Å². The Morgan fingerprint density at radius 3 is 2.08 bits per heavy atom. The van der Waals surface area contributed by atoms with E-state index in [4.69, 9.17) is 4.74 Å². The van der Waals surface area contributed by atoms with Gasteiger partial charge in [-0.25, -0.2) is 4.79 Å². The summed E-state index contributed by atoms with van der Waals surface area (Å²) in [7, 11) is 0. The monoisotopic (exact) mass is 523 g/mol. The Morgan fingerprint density at radius 1 is 0.868 bits per heavy atom. The summed E-state index contributed by atoms with van der Waals surface area (Å²) in [5.74, 6) is -0.616. The summed E-state index contributed by atoms with van der Waals surface area (Å²) in [6, 6.07) is 12.6. The summed E-state index contributed by atoms with van der Waals surface area (Å²) in [4.78, 5) is 41.5. The number of hydrogen-bond acceptors (Lipinski definition) is 4. The van der Waals surface area contributed by atoms with Gasteiger partial charge in [-0.3, -0.25) is 9.59 Å². The fraction of sp³-hybridized carbons (Fsp3) is 0.516. The van der Waals surface area contributed by atoms with Crippen molar-refractivity contribution < 1.29 is 19.1 Å². The van der Waals surface area contributed by atoms with Crippen LogP contribution >= 0.6 is 0 Å². The fourth-order valence-corrected chi connectivity index (χ4v) is 4.45. The highest BCUT2D eigenvalue weighted by molar-refractivity contribution is 5.99. The minimum Gasteiger partial charge on any atom is -0.444 e. The Morgan fingerprint density at radius 2 is 1.47 bits per heavy atom. The lowest BCUT2D eigenvalue weighted by Crippen LogP contribution is -2.47. The number of hydrogen-bond donors (Lipinski definition) is 2. The quantitative estimate of drug-likeness (QED) is 0.306. The number of amides is 3. The molecule has 0 saturated carbocycles. The zero-order valence-electron chi connectivity index (χ0n) is 24.1. The third-order valence-corrected chi connectivity index (χ3v) is 6.38. The number of nitrogens with zero attached hydrogens (tertiary/aromatic N) is 1. The van der Waals surface area contributed by atoms with Crippen LogP contribution < -0.4 is 10.6 Å². The van der Waals surface area contributed by atoms with Gasteiger partial charge in [-0.2, -0.15) is 0 Å². The van der Waals surface area contributed by atoms with Gasteiger partial charge in [0.1, 0.15) is 18.2 Å². The molecular weight excluding hydrogens is 478 g/mol. The number of nitrogens with one attached hydrogen (secondary N) is 2. The summed E-state index contributed by atoms with van der Waals surface area (Å²) < 4.78 is 5.32. The van der Waals surface area contributed by atoms with E-state index in [1.165, 1.54) is 0 Å². The lowest BCUT2D eigenvalue weighted by molar-refractivity contribution is -0.138. The Hall–Kier alpha value is -3.35. The van der Waals surface area contributed by atoms with Gasteiger partial charge >= 0.3 is 6.09 Å². The molecule has 7 nitrogen and oxygen atoms in total. The van der Waals surface area contributed by atoms with Crippen LogP contribution in [0, 0.1) is 20.8 Å². The summed E-state index contributed by atoms with van der Waals surface area (Å²) in [5, 5.41) is 5.64. The van der Waals surface area contributed by atoms with Gasteiger partial charge in [0.15, 0.2) is 0 Å². The standard InChI is InChI=1S/C31H45N3O4/c1-8-9-10-11-14-20-34(26(35)21-32-30(37)38-31(5,6)7)28(27-23(3)17-15-18-24(27)4)29(36)33-25-19-13-12-16-22(25)2/h12-13,15-19,28H,8-11,14,20-21H2,1-7H3,(H,32,37)(H,33,36). The molecule has 208 valence electrons. The largest absolute Gasteiger partial charge is 0.444 e. The predicted octanol–water partition coefficient (Wildman–Crippen LogP) is 6.62. The van der Waals surface area contributed by atoms with Crippen LogP contribution in [0.3, 0.4) is 0 Å². The van der Waals surface area contributed by atoms with Gasteiger partial charge in [0, 0.05) is 12.2 Å². The number of unbranched alkanes of at least 4 members (excludes halogenated alkanes) is 4. The maximum Gasteiger partial charge on any atom is 0.408 e. The van der Waals surface area contributed by atoms with Crippen LogP contribution in [0.4, 0.5) is 10.5 Å². The molecule has 0 aliphatic heterocycles. The molecule has 3 amide bonds. The van der Waals surface area contributed by atoms with Crippen LogP contribution in [0.5, 0.6) is 0 Å². The molecule has 38 heavy (non-hydrogen) atoms. The zero-order chi connectivity index (χ0) is 28.3. The van der Waals surface area contributed by atoms with Gasteiger partial charge in [0.25, 0.3) is 5.91 Å². The van der Waals surface area contributed by atoms with Gasteiger partial charge < -0.3 is 20.3 Å². The molecule has 0 aliphatic carbocycles. The van der Waals surface area contributed by atoms with Gasteiger partial charge in [-0.15, -0.1) is 0 Å². The van der Waals surface area contributed by atoms with Crippen LogP contribution in [0.2, 0.25) is 0 Å². The summed E-state index contributed by atoms with van der Waals surface area (Å²) >= 11 is 0. The third-order valence-electron chi connectivity index (χ3n) is 6.38. The SMILES string of the molecule is CCCCCCCN(C(=O)CNC(=O)OC(C)(C)C)C(C(=O)Nc1ccccc1C)c1c(C)cccc1C. The molecule has 0 heterocycles. The van der Waals surface area contributed by atoms with E-state index in [0.29, 0.717) is 12.2 Å². The second-order valence-corrected chi connectivity index (χ2v) is 10.9.